The largest absolute Gasteiger partial charge is 0.467 e. The SMILES string of the molecule is COC(=O)C(Cc1ccccc1)NC(=O)CSc1nc2ccccc2n1-c1ccc(C)cc1. The first kappa shape index (κ1) is 22.6. The van der Waals surface area contributed by atoms with Crippen LogP contribution < -0.4 is 5.32 Å². The van der Waals surface area contributed by atoms with Crippen LogP contribution in [0.5, 0.6) is 0 Å². The molecular weight excluding hydrogens is 434 g/mol. The van der Waals surface area contributed by atoms with E-state index in [9.17, 15) is 9.59 Å². The predicted octanol–water partition coefficient (Wildman–Crippen LogP) is 4.33. The highest BCUT2D eigenvalue weighted by Crippen LogP contribution is 2.28. The highest BCUT2D eigenvalue weighted by atomic mass is 32.2. The summed E-state index contributed by atoms with van der Waals surface area (Å²) in [6, 6.07) is 24.9. The molecule has 0 saturated heterocycles. The van der Waals surface area contributed by atoms with Crippen LogP contribution in [0.15, 0.2) is 84.0 Å². The van der Waals surface area contributed by atoms with E-state index in [1.54, 1.807) is 0 Å². The molecule has 0 spiro atoms. The lowest BCUT2D eigenvalue weighted by Crippen LogP contribution is -2.43. The van der Waals surface area contributed by atoms with Gasteiger partial charge in [-0.1, -0.05) is 71.9 Å². The summed E-state index contributed by atoms with van der Waals surface area (Å²) >= 11 is 1.34. The summed E-state index contributed by atoms with van der Waals surface area (Å²) in [6.07, 6.45) is 0.367. The number of imidazole rings is 1. The Morgan fingerprint density at radius 2 is 1.70 bits per heavy atom. The fraction of sp³-hybridized carbons (Fsp3) is 0.192. The summed E-state index contributed by atoms with van der Waals surface area (Å²) in [5.41, 5.74) is 4.93. The number of benzene rings is 3. The highest BCUT2D eigenvalue weighted by Gasteiger charge is 2.22. The molecule has 0 saturated carbocycles. The van der Waals surface area contributed by atoms with Gasteiger partial charge in [-0.3, -0.25) is 9.36 Å². The standard InChI is InChI=1S/C26H25N3O3S/c1-18-12-14-20(15-13-18)29-23-11-7-6-10-21(23)28-26(29)33-17-24(30)27-22(25(31)32-2)16-19-8-4-3-5-9-19/h3-15,22H,16-17H2,1-2H3,(H,27,30). The Balaban J connectivity index is 1.51. The minimum atomic E-state index is -0.749. The van der Waals surface area contributed by atoms with Crippen LogP contribution in [0.2, 0.25) is 0 Å². The Labute approximate surface area is 197 Å². The van der Waals surface area contributed by atoms with Crippen LogP contribution in [-0.2, 0) is 20.7 Å². The summed E-state index contributed by atoms with van der Waals surface area (Å²) in [4.78, 5) is 29.8. The second kappa shape index (κ2) is 10.4. The van der Waals surface area contributed by atoms with E-state index in [2.05, 4.69) is 22.0 Å². The zero-order valence-electron chi connectivity index (χ0n) is 18.5. The Kier molecular flexibility index (Phi) is 7.10. The molecule has 168 valence electrons. The molecule has 0 aliphatic carbocycles. The maximum Gasteiger partial charge on any atom is 0.328 e. The quantitative estimate of drug-likeness (QED) is 0.314. The van der Waals surface area contributed by atoms with Gasteiger partial charge in [-0.05, 0) is 36.8 Å². The number of aromatic nitrogens is 2. The van der Waals surface area contributed by atoms with Crippen molar-refractivity contribution in [3.63, 3.8) is 0 Å². The Morgan fingerprint density at radius 1 is 1.00 bits per heavy atom. The van der Waals surface area contributed by atoms with Gasteiger partial charge < -0.3 is 10.1 Å². The van der Waals surface area contributed by atoms with E-state index >= 15 is 0 Å². The zero-order valence-corrected chi connectivity index (χ0v) is 19.3. The molecule has 3 aromatic carbocycles. The van der Waals surface area contributed by atoms with Crippen LogP contribution in [-0.4, -0.2) is 40.3 Å². The summed E-state index contributed by atoms with van der Waals surface area (Å²) in [7, 11) is 1.32. The third-order valence-corrected chi connectivity index (χ3v) is 6.20. The van der Waals surface area contributed by atoms with Crippen molar-refractivity contribution in [1.82, 2.24) is 14.9 Å². The molecule has 4 rings (SSSR count). The Bertz CT molecular complexity index is 1250. The maximum absolute atomic E-state index is 12.8. The van der Waals surface area contributed by atoms with Gasteiger partial charge in [0.25, 0.3) is 0 Å². The van der Waals surface area contributed by atoms with Gasteiger partial charge in [0.15, 0.2) is 5.16 Å². The van der Waals surface area contributed by atoms with Crippen molar-refractivity contribution in [2.45, 2.75) is 24.5 Å². The third kappa shape index (κ3) is 5.43. The summed E-state index contributed by atoms with van der Waals surface area (Å²) < 4.78 is 6.95. The number of nitrogens with one attached hydrogen (secondary N) is 1. The van der Waals surface area contributed by atoms with Crippen molar-refractivity contribution in [2.24, 2.45) is 0 Å². The van der Waals surface area contributed by atoms with Crippen LogP contribution in [0.3, 0.4) is 0 Å². The fourth-order valence-electron chi connectivity index (χ4n) is 3.60. The van der Waals surface area contributed by atoms with Crippen molar-refractivity contribution in [3.8, 4) is 5.69 Å². The molecule has 1 unspecified atom stereocenters. The van der Waals surface area contributed by atoms with E-state index < -0.39 is 12.0 Å². The van der Waals surface area contributed by atoms with Gasteiger partial charge in [0.05, 0.1) is 23.9 Å². The van der Waals surface area contributed by atoms with E-state index in [0.29, 0.717) is 11.6 Å². The molecule has 1 heterocycles. The summed E-state index contributed by atoms with van der Waals surface area (Å²) in [6.45, 7) is 2.04. The molecule has 7 heteroatoms. The second-order valence-electron chi connectivity index (χ2n) is 7.68. The van der Waals surface area contributed by atoms with Gasteiger partial charge in [-0.2, -0.15) is 0 Å². The number of ether oxygens (including phenoxy) is 1. The number of methoxy groups -OCH3 is 1. The molecule has 0 radical (unpaired) electrons. The molecule has 33 heavy (non-hydrogen) atoms. The van der Waals surface area contributed by atoms with E-state index in [1.807, 2.05) is 73.7 Å². The molecule has 1 amide bonds. The Hall–Kier alpha value is -3.58. The first-order chi connectivity index (χ1) is 16.0. The van der Waals surface area contributed by atoms with Crippen molar-refractivity contribution in [3.05, 3.63) is 90.0 Å². The minimum Gasteiger partial charge on any atom is -0.467 e. The number of thioether (sulfide) groups is 1. The molecular formula is C26H25N3O3S. The summed E-state index contributed by atoms with van der Waals surface area (Å²) in [5.74, 6) is -0.602. The number of aryl methyl sites for hydroxylation is 1. The van der Waals surface area contributed by atoms with Gasteiger partial charge in [-0.15, -0.1) is 0 Å². The van der Waals surface area contributed by atoms with Gasteiger partial charge in [0, 0.05) is 12.1 Å². The van der Waals surface area contributed by atoms with Crippen LogP contribution in [0, 0.1) is 6.92 Å². The molecule has 0 aliphatic rings. The second-order valence-corrected chi connectivity index (χ2v) is 8.62. The average molecular weight is 460 g/mol. The van der Waals surface area contributed by atoms with E-state index in [4.69, 9.17) is 9.72 Å². The molecule has 1 atom stereocenters. The molecule has 4 aromatic rings. The van der Waals surface area contributed by atoms with Gasteiger partial charge in [-0.25, -0.2) is 9.78 Å². The van der Waals surface area contributed by atoms with Crippen LogP contribution >= 0.6 is 11.8 Å². The van der Waals surface area contributed by atoms with Crippen LogP contribution in [0.25, 0.3) is 16.7 Å². The molecule has 0 aliphatic heterocycles. The third-order valence-electron chi connectivity index (χ3n) is 5.26. The lowest BCUT2D eigenvalue weighted by Gasteiger charge is -2.16. The number of para-hydroxylation sites is 2. The first-order valence-corrected chi connectivity index (χ1v) is 11.6. The zero-order chi connectivity index (χ0) is 23.2. The topological polar surface area (TPSA) is 73.2 Å². The van der Waals surface area contributed by atoms with Crippen molar-refractivity contribution in [1.29, 1.82) is 0 Å². The normalized spacial score (nSPS) is 11.8. The average Bonchev–Trinajstić information content (AvgIpc) is 3.21. The number of rotatable bonds is 8. The summed E-state index contributed by atoms with van der Waals surface area (Å²) in [5, 5.41) is 3.53. The van der Waals surface area contributed by atoms with E-state index in [-0.39, 0.29) is 11.7 Å². The lowest BCUT2D eigenvalue weighted by atomic mass is 10.1. The van der Waals surface area contributed by atoms with Gasteiger partial charge in [0.1, 0.15) is 6.04 Å². The van der Waals surface area contributed by atoms with E-state index in [1.165, 1.54) is 24.4 Å². The van der Waals surface area contributed by atoms with Gasteiger partial charge in [0.2, 0.25) is 5.91 Å². The molecule has 0 fully saturated rings. The smallest absolute Gasteiger partial charge is 0.328 e. The van der Waals surface area contributed by atoms with Crippen LogP contribution in [0.4, 0.5) is 0 Å². The highest BCUT2D eigenvalue weighted by molar-refractivity contribution is 7.99. The molecule has 1 aromatic heterocycles. The number of hydrogen-bond acceptors (Lipinski definition) is 5. The molecule has 1 N–H and O–H groups in total. The Morgan fingerprint density at radius 3 is 2.42 bits per heavy atom. The monoisotopic (exact) mass is 459 g/mol. The number of amides is 1. The number of fused-ring (bicyclic) bond motifs is 1. The number of carbonyl (C=O) groups is 2. The number of carbonyl (C=O) groups excluding carboxylic acids is 2. The number of nitrogens with zero attached hydrogens (tertiary/aromatic N) is 2. The van der Waals surface area contributed by atoms with Crippen LogP contribution in [0.1, 0.15) is 11.1 Å². The molecule has 0 bridgehead atoms. The molecule has 6 nitrogen and oxygen atoms in total. The van der Waals surface area contributed by atoms with Crippen molar-refractivity contribution < 1.29 is 14.3 Å². The fourth-order valence-corrected chi connectivity index (χ4v) is 4.43. The van der Waals surface area contributed by atoms with Crippen molar-refractivity contribution in [2.75, 3.05) is 12.9 Å². The van der Waals surface area contributed by atoms with Crippen molar-refractivity contribution >= 4 is 34.7 Å². The lowest BCUT2D eigenvalue weighted by molar-refractivity contribution is -0.144. The van der Waals surface area contributed by atoms with E-state index in [0.717, 1.165) is 22.3 Å². The number of hydrogen-bond donors (Lipinski definition) is 1. The first-order valence-electron chi connectivity index (χ1n) is 10.6. The minimum absolute atomic E-state index is 0.122. The maximum atomic E-state index is 12.8. The predicted molar refractivity (Wildman–Crippen MR) is 131 cm³/mol. The van der Waals surface area contributed by atoms with Gasteiger partial charge >= 0.3 is 5.97 Å². The number of esters is 1.